The van der Waals surface area contributed by atoms with Crippen molar-refractivity contribution in [1.29, 1.82) is 0 Å². The summed E-state index contributed by atoms with van der Waals surface area (Å²) in [6.07, 6.45) is 5.47. The van der Waals surface area contributed by atoms with Gasteiger partial charge < -0.3 is 9.64 Å². The van der Waals surface area contributed by atoms with E-state index in [1.165, 1.54) is 11.3 Å². The van der Waals surface area contributed by atoms with Crippen molar-refractivity contribution in [2.24, 2.45) is 0 Å². The first-order valence-electron chi connectivity index (χ1n) is 5.13. The van der Waals surface area contributed by atoms with E-state index in [4.69, 9.17) is 4.74 Å². The molecule has 0 aliphatic carbocycles. The number of para-hydroxylation sites is 1. The number of nitrogens with zero attached hydrogens (tertiary/aromatic N) is 1. The molecule has 1 aromatic rings. The number of hydrogen-bond acceptors (Lipinski definition) is 2. The summed E-state index contributed by atoms with van der Waals surface area (Å²) in [6.45, 7) is 1.07. The molecule has 3 atom stereocenters. The number of hydrogen-bond donors (Lipinski definition) is 0. The van der Waals surface area contributed by atoms with Gasteiger partial charge in [0.25, 0.3) is 0 Å². The monoisotopic (exact) mass is 185 g/mol. The van der Waals surface area contributed by atoms with Crippen molar-refractivity contribution in [3.8, 4) is 0 Å². The molecular formula is C12H11NO. The summed E-state index contributed by atoms with van der Waals surface area (Å²) in [5.41, 5.74) is 2.71. The number of rotatable bonds is 0. The van der Waals surface area contributed by atoms with Crippen molar-refractivity contribution in [3.05, 3.63) is 35.9 Å². The van der Waals surface area contributed by atoms with Crippen LogP contribution in [0.1, 0.15) is 5.56 Å². The second kappa shape index (κ2) is 2.20. The molecule has 14 heavy (non-hydrogen) atoms. The van der Waals surface area contributed by atoms with E-state index in [0.29, 0.717) is 18.2 Å². The number of fused-ring (bicyclic) bond motifs is 5. The zero-order chi connectivity index (χ0) is 9.12. The van der Waals surface area contributed by atoms with E-state index < -0.39 is 0 Å². The quantitative estimate of drug-likeness (QED) is 0.571. The number of ether oxygens (including phenoxy) is 1. The SMILES string of the molecule is C1=C[C@H]2[C@@H]3O[C@@H]3CN2c2ccccc21. The lowest BCUT2D eigenvalue weighted by atomic mass is 10.0. The highest BCUT2D eigenvalue weighted by atomic mass is 16.6. The van der Waals surface area contributed by atoms with Crippen LogP contribution in [0.5, 0.6) is 0 Å². The van der Waals surface area contributed by atoms with Gasteiger partial charge in [-0.1, -0.05) is 30.4 Å². The van der Waals surface area contributed by atoms with Crippen LogP contribution in [0.15, 0.2) is 30.3 Å². The average Bonchev–Trinajstić information content (AvgIpc) is 2.91. The molecule has 70 valence electrons. The third kappa shape index (κ3) is 0.751. The molecule has 2 fully saturated rings. The maximum atomic E-state index is 5.54. The van der Waals surface area contributed by atoms with Crippen LogP contribution in [0.3, 0.4) is 0 Å². The Morgan fingerprint density at radius 2 is 2.21 bits per heavy atom. The first-order valence-corrected chi connectivity index (χ1v) is 5.13. The van der Waals surface area contributed by atoms with Gasteiger partial charge in [0.05, 0.1) is 6.04 Å². The average molecular weight is 185 g/mol. The second-order valence-corrected chi connectivity index (χ2v) is 4.20. The zero-order valence-corrected chi connectivity index (χ0v) is 7.76. The fraction of sp³-hybridized carbons (Fsp3) is 0.333. The van der Waals surface area contributed by atoms with E-state index in [2.05, 4.69) is 41.3 Å². The van der Waals surface area contributed by atoms with Crippen molar-refractivity contribution >= 4 is 11.8 Å². The Bertz CT molecular complexity index is 426. The molecule has 0 saturated carbocycles. The van der Waals surface area contributed by atoms with E-state index in [1.54, 1.807) is 0 Å². The number of anilines is 1. The molecule has 3 aliphatic rings. The van der Waals surface area contributed by atoms with Gasteiger partial charge in [-0.25, -0.2) is 0 Å². The fourth-order valence-electron chi connectivity index (χ4n) is 2.66. The van der Waals surface area contributed by atoms with Gasteiger partial charge in [-0.15, -0.1) is 0 Å². The van der Waals surface area contributed by atoms with Gasteiger partial charge in [0.2, 0.25) is 0 Å². The normalized spacial score (nSPS) is 36.3. The minimum atomic E-state index is 0.472. The zero-order valence-electron chi connectivity index (χ0n) is 7.76. The molecule has 0 N–H and O–H groups in total. The molecule has 0 aromatic heterocycles. The van der Waals surface area contributed by atoms with E-state index in [0.717, 1.165) is 6.54 Å². The molecule has 0 spiro atoms. The van der Waals surface area contributed by atoms with Crippen LogP contribution in [0.4, 0.5) is 5.69 Å². The summed E-state index contributed by atoms with van der Waals surface area (Å²) in [4.78, 5) is 2.47. The van der Waals surface area contributed by atoms with Crippen LogP contribution >= 0.6 is 0 Å². The van der Waals surface area contributed by atoms with Crippen molar-refractivity contribution < 1.29 is 4.74 Å². The lowest BCUT2D eigenvalue weighted by Crippen LogP contribution is -2.35. The highest BCUT2D eigenvalue weighted by Crippen LogP contribution is 2.43. The summed E-state index contributed by atoms with van der Waals surface area (Å²) >= 11 is 0. The van der Waals surface area contributed by atoms with Crippen molar-refractivity contribution in [3.63, 3.8) is 0 Å². The number of epoxide rings is 1. The Morgan fingerprint density at radius 1 is 1.29 bits per heavy atom. The summed E-state index contributed by atoms with van der Waals surface area (Å²) in [7, 11) is 0. The molecule has 0 amide bonds. The molecule has 2 heteroatoms. The smallest absolute Gasteiger partial charge is 0.110 e. The molecule has 0 unspecified atom stereocenters. The Morgan fingerprint density at radius 3 is 3.21 bits per heavy atom. The van der Waals surface area contributed by atoms with Gasteiger partial charge >= 0.3 is 0 Å². The first-order chi connectivity index (χ1) is 6.93. The maximum Gasteiger partial charge on any atom is 0.110 e. The molecule has 2 nitrogen and oxygen atoms in total. The van der Waals surface area contributed by atoms with E-state index in [-0.39, 0.29) is 0 Å². The Labute approximate surface area is 82.8 Å². The topological polar surface area (TPSA) is 15.8 Å². The van der Waals surface area contributed by atoms with Gasteiger partial charge in [0.15, 0.2) is 0 Å². The Hall–Kier alpha value is -1.28. The largest absolute Gasteiger partial charge is 0.365 e. The standard InChI is InChI=1S/C12H11NO/c1-2-4-9-8(3-1)5-6-10-12-11(14-12)7-13(9)10/h1-6,10-12H,7H2/t10-,11+,12-/m0/s1. The fourth-order valence-corrected chi connectivity index (χ4v) is 2.66. The van der Waals surface area contributed by atoms with E-state index in [1.807, 2.05) is 0 Å². The molecule has 1 aromatic carbocycles. The minimum Gasteiger partial charge on any atom is -0.365 e. The summed E-state index contributed by atoms with van der Waals surface area (Å²) in [5.74, 6) is 0. The second-order valence-electron chi connectivity index (χ2n) is 4.20. The van der Waals surface area contributed by atoms with Crippen LogP contribution in [0, 0.1) is 0 Å². The van der Waals surface area contributed by atoms with Crippen molar-refractivity contribution in [2.75, 3.05) is 11.4 Å². The molecule has 0 bridgehead atoms. The van der Waals surface area contributed by atoms with Gasteiger partial charge in [0.1, 0.15) is 12.2 Å². The summed E-state index contributed by atoms with van der Waals surface area (Å²) in [6, 6.07) is 9.08. The summed E-state index contributed by atoms with van der Waals surface area (Å²) in [5, 5.41) is 0. The van der Waals surface area contributed by atoms with Crippen LogP contribution in [0.25, 0.3) is 6.08 Å². The third-order valence-electron chi connectivity index (χ3n) is 3.41. The van der Waals surface area contributed by atoms with Crippen LogP contribution in [0.2, 0.25) is 0 Å². The van der Waals surface area contributed by atoms with Gasteiger partial charge in [-0.05, 0) is 11.6 Å². The minimum absolute atomic E-state index is 0.472. The predicted octanol–water partition coefficient (Wildman–Crippen LogP) is 1.67. The molecule has 0 radical (unpaired) electrons. The summed E-state index contributed by atoms with van der Waals surface area (Å²) < 4.78 is 5.54. The lowest BCUT2D eigenvalue weighted by Gasteiger charge is -2.31. The van der Waals surface area contributed by atoms with E-state index in [9.17, 15) is 0 Å². The lowest BCUT2D eigenvalue weighted by molar-refractivity contribution is 0.328. The Kier molecular flexibility index (Phi) is 1.11. The van der Waals surface area contributed by atoms with Crippen molar-refractivity contribution in [1.82, 2.24) is 0 Å². The van der Waals surface area contributed by atoms with Gasteiger partial charge in [0, 0.05) is 12.2 Å². The Balaban J connectivity index is 1.87. The molecule has 3 aliphatic heterocycles. The molecule has 3 heterocycles. The van der Waals surface area contributed by atoms with Crippen LogP contribution in [-0.2, 0) is 4.74 Å². The predicted molar refractivity (Wildman–Crippen MR) is 55.3 cm³/mol. The highest BCUT2D eigenvalue weighted by Gasteiger charge is 2.54. The van der Waals surface area contributed by atoms with Crippen LogP contribution in [-0.4, -0.2) is 24.8 Å². The molecule has 2 saturated heterocycles. The first kappa shape index (κ1) is 7.07. The van der Waals surface area contributed by atoms with Crippen molar-refractivity contribution in [2.45, 2.75) is 18.2 Å². The number of benzene rings is 1. The molecular weight excluding hydrogens is 174 g/mol. The van der Waals surface area contributed by atoms with E-state index >= 15 is 0 Å². The highest BCUT2D eigenvalue weighted by molar-refractivity contribution is 5.73. The molecule has 4 rings (SSSR count). The van der Waals surface area contributed by atoms with Gasteiger partial charge in [-0.2, -0.15) is 0 Å². The van der Waals surface area contributed by atoms with Gasteiger partial charge in [-0.3, -0.25) is 0 Å². The third-order valence-corrected chi connectivity index (χ3v) is 3.41. The number of morpholine rings is 1. The maximum absolute atomic E-state index is 5.54. The van der Waals surface area contributed by atoms with Crippen LogP contribution < -0.4 is 4.90 Å².